The molecule has 0 spiro atoms. The molecule has 2 heterocycles. The summed E-state index contributed by atoms with van der Waals surface area (Å²) in [5.74, 6) is 0.835. The van der Waals surface area contributed by atoms with E-state index in [-0.39, 0.29) is 23.4 Å². The molecule has 5 nitrogen and oxygen atoms in total. The number of carbonyl (C=O) groups excluding carboxylic acids is 1. The van der Waals surface area contributed by atoms with E-state index >= 15 is 0 Å². The van der Waals surface area contributed by atoms with Gasteiger partial charge in [-0.05, 0) is 43.7 Å². The van der Waals surface area contributed by atoms with Crippen LogP contribution in [0.4, 0.5) is 11.5 Å². The number of thioether (sulfide) groups is 1. The average molecular weight is 434 g/mol. The van der Waals surface area contributed by atoms with E-state index in [1.165, 1.54) is 0 Å². The summed E-state index contributed by atoms with van der Waals surface area (Å²) in [7, 11) is 0. The molecule has 3 unspecified atom stereocenters. The predicted octanol–water partition coefficient (Wildman–Crippen LogP) is 5.17. The molecule has 1 aromatic heterocycles. The number of benzene rings is 2. The van der Waals surface area contributed by atoms with E-state index in [1.807, 2.05) is 72.8 Å². The molecule has 4 rings (SSSR count). The zero-order chi connectivity index (χ0) is 21.6. The Morgan fingerprint density at radius 3 is 2.26 bits per heavy atom. The monoisotopic (exact) mass is 433 g/mol. The number of nitrogens with zero attached hydrogens (tertiary/aromatic N) is 2. The fourth-order valence-electron chi connectivity index (χ4n) is 3.76. The van der Waals surface area contributed by atoms with E-state index in [9.17, 15) is 4.79 Å². The van der Waals surface area contributed by atoms with Crippen molar-refractivity contribution in [3.63, 3.8) is 0 Å². The molecule has 1 amide bonds. The summed E-state index contributed by atoms with van der Waals surface area (Å²) in [6.45, 7) is 5.77. The number of anilines is 2. The highest BCUT2D eigenvalue weighted by atomic mass is 32.2. The van der Waals surface area contributed by atoms with Gasteiger partial charge in [0.25, 0.3) is 0 Å². The van der Waals surface area contributed by atoms with Gasteiger partial charge < -0.3 is 15.0 Å². The van der Waals surface area contributed by atoms with Crippen molar-refractivity contribution in [3.05, 3.63) is 84.6 Å². The maximum atomic E-state index is 13.2. The lowest BCUT2D eigenvalue weighted by Crippen LogP contribution is -2.45. The first-order valence-corrected chi connectivity index (χ1v) is 11.4. The highest BCUT2D eigenvalue weighted by molar-refractivity contribution is 8.00. The number of aromatic nitrogens is 1. The van der Waals surface area contributed by atoms with Gasteiger partial charge in [-0.1, -0.05) is 48.5 Å². The van der Waals surface area contributed by atoms with Gasteiger partial charge in [-0.15, -0.1) is 11.8 Å². The zero-order valence-corrected chi connectivity index (χ0v) is 18.6. The number of morpholine rings is 1. The second-order valence-electron chi connectivity index (χ2n) is 7.78. The molecule has 0 radical (unpaired) electrons. The molecule has 1 aliphatic rings. The number of hydrogen-bond acceptors (Lipinski definition) is 5. The number of pyridine rings is 1. The van der Waals surface area contributed by atoms with Crippen LogP contribution < -0.4 is 10.2 Å². The molecule has 1 fully saturated rings. The summed E-state index contributed by atoms with van der Waals surface area (Å²) in [5.41, 5.74) is 1.66. The van der Waals surface area contributed by atoms with Gasteiger partial charge in [0.15, 0.2) is 0 Å². The van der Waals surface area contributed by atoms with Gasteiger partial charge >= 0.3 is 0 Å². The van der Waals surface area contributed by atoms with Gasteiger partial charge in [0.2, 0.25) is 5.91 Å². The fourth-order valence-corrected chi connectivity index (χ4v) is 4.80. The smallest absolute Gasteiger partial charge is 0.242 e. The van der Waals surface area contributed by atoms with Gasteiger partial charge in [-0.2, -0.15) is 0 Å². The summed E-state index contributed by atoms with van der Waals surface area (Å²) in [6.07, 6.45) is 2.07. The fraction of sp³-hybridized carbons (Fsp3) is 0.280. The molecular weight excluding hydrogens is 406 g/mol. The Balaban J connectivity index is 1.48. The lowest BCUT2D eigenvalue weighted by atomic mass is 10.1. The Labute approximate surface area is 187 Å². The summed E-state index contributed by atoms with van der Waals surface area (Å²) in [6, 6.07) is 23.7. The van der Waals surface area contributed by atoms with Gasteiger partial charge in [0, 0.05) is 18.0 Å². The van der Waals surface area contributed by atoms with Gasteiger partial charge in [-0.3, -0.25) is 4.79 Å². The Hall–Kier alpha value is -2.83. The molecule has 2 aromatic carbocycles. The number of carbonyl (C=O) groups is 1. The molecule has 6 heteroatoms. The third-order valence-corrected chi connectivity index (χ3v) is 6.36. The summed E-state index contributed by atoms with van der Waals surface area (Å²) in [5, 5.41) is 2.69. The van der Waals surface area contributed by atoms with Crippen LogP contribution in [0.2, 0.25) is 0 Å². The average Bonchev–Trinajstić information content (AvgIpc) is 2.78. The second-order valence-corrected chi connectivity index (χ2v) is 8.96. The minimum absolute atomic E-state index is 0.0665. The highest BCUT2D eigenvalue weighted by Crippen LogP contribution is 2.36. The van der Waals surface area contributed by atoms with Crippen LogP contribution in [-0.4, -0.2) is 36.2 Å². The minimum atomic E-state index is -0.357. The third kappa shape index (κ3) is 5.66. The Morgan fingerprint density at radius 1 is 1.00 bits per heavy atom. The number of rotatable bonds is 6. The topological polar surface area (TPSA) is 54.5 Å². The van der Waals surface area contributed by atoms with Crippen LogP contribution in [0, 0.1) is 0 Å². The molecule has 0 bridgehead atoms. The van der Waals surface area contributed by atoms with Crippen LogP contribution in [0.1, 0.15) is 24.7 Å². The number of amides is 1. The van der Waals surface area contributed by atoms with Crippen molar-refractivity contribution in [1.29, 1.82) is 0 Å². The minimum Gasteiger partial charge on any atom is -0.372 e. The molecule has 160 valence electrons. The lowest BCUT2D eigenvalue weighted by Gasteiger charge is -2.36. The zero-order valence-electron chi connectivity index (χ0n) is 17.8. The van der Waals surface area contributed by atoms with Crippen molar-refractivity contribution >= 4 is 29.2 Å². The van der Waals surface area contributed by atoms with Crippen molar-refractivity contribution in [3.8, 4) is 0 Å². The maximum absolute atomic E-state index is 13.2. The van der Waals surface area contributed by atoms with E-state index in [0.29, 0.717) is 5.69 Å². The first-order chi connectivity index (χ1) is 15.1. The first kappa shape index (κ1) is 21.4. The molecule has 31 heavy (non-hydrogen) atoms. The van der Waals surface area contributed by atoms with Crippen molar-refractivity contribution in [2.24, 2.45) is 0 Å². The Kier molecular flexibility index (Phi) is 6.89. The molecule has 3 aromatic rings. The van der Waals surface area contributed by atoms with Gasteiger partial charge in [0.05, 0.1) is 24.1 Å². The molecular formula is C25H27N3O2S. The second kappa shape index (κ2) is 9.98. The van der Waals surface area contributed by atoms with Crippen LogP contribution in [-0.2, 0) is 9.53 Å². The van der Waals surface area contributed by atoms with Crippen molar-refractivity contribution < 1.29 is 9.53 Å². The summed E-state index contributed by atoms with van der Waals surface area (Å²) in [4.78, 5) is 21.1. The van der Waals surface area contributed by atoms with Crippen LogP contribution in [0.15, 0.2) is 83.9 Å². The van der Waals surface area contributed by atoms with Crippen molar-refractivity contribution in [1.82, 2.24) is 4.98 Å². The molecule has 1 saturated heterocycles. The first-order valence-electron chi connectivity index (χ1n) is 10.5. The highest BCUT2D eigenvalue weighted by Gasteiger charge is 2.24. The lowest BCUT2D eigenvalue weighted by molar-refractivity contribution is -0.115. The molecule has 0 saturated carbocycles. The maximum Gasteiger partial charge on any atom is 0.242 e. The SMILES string of the molecule is CC1CN(c2ccc(NC(=O)C(Sc3ccccc3)c3ccccc3)cn2)CC(C)O1. The van der Waals surface area contributed by atoms with Gasteiger partial charge in [0.1, 0.15) is 11.1 Å². The van der Waals surface area contributed by atoms with E-state index in [2.05, 4.69) is 29.0 Å². The molecule has 3 atom stereocenters. The molecule has 1 N–H and O–H groups in total. The van der Waals surface area contributed by atoms with E-state index in [4.69, 9.17) is 4.74 Å². The third-order valence-electron chi connectivity index (χ3n) is 5.10. The van der Waals surface area contributed by atoms with Crippen LogP contribution >= 0.6 is 11.8 Å². The van der Waals surface area contributed by atoms with E-state index in [1.54, 1.807) is 18.0 Å². The predicted molar refractivity (Wildman–Crippen MR) is 127 cm³/mol. The van der Waals surface area contributed by atoms with Gasteiger partial charge in [-0.25, -0.2) is 4.98 Å². The number of nitrogens with one attached hydrogen (secondary N) is 1. The molecule has 1 aliphatic heterocycles. The number of hydrogen-bond donors (Lipinski definition) is 1. The molecule has 0 aliphatic carbocycles. The van der Waals surface area contributed by atoms with Crippen molar-refractivity contribution in [2.45, 2.75) is 36.2 Å². The normalized spacial score (nSPS) is 19.6. The summed E-state index contributed by atoms with van der Waals surface area (Å²) >= 11 is 1.54. The largest absolute Gasteiger partial charge is 0.372 e. The van der Waals surface area contributed by atoms with Crippen LogP contribution in [0.25, 0.3) is 0 Å². The van der Waals surface area contributed by atoms with E-state index in [0.717, 1.165) is 29.4 Å². The van der Waals surface area contributed by atoms with E-state index < -0.39 is 0 Å². The Morgan fingerprint density at radius 2 is 1.65 bits per heavy atom. The standard InChI is InChI=1S/C25H27N3O2S/c1-18-16-28(17-19(2)30-18)23-14-13-21(15-26-23)27-25(29)24(20-9-5-3-6-10-20)31-22-11-7-4-8-12-22/h3-15,18-19,24H,16-17H2,1-2H3,(H,27,29). The van der Waals surface area contributed by atoms with Crippen LogP contribution in [0.3, 0.4) is 0 Å². The quantitative estimate of drug-likeness (QED) is 0.544. The Bertz CT molecular complexity index is 973. The summed E-state index contributed by atoms with van der Waals surface area (Å²) < 4.78 is 5.80. The number of ether oxygens (including phenoxy) is 1. The van der Waals surface area contributed by atoms with Crippen molar-refractivity contribution in [2.75, 3.05) is 23.3 Å². The van der Waals surface area contributed by atoms with Crippen LogP contribution in [0.5, 0.6) is 0 Å².